The molecule has 5 rings (SSSR count). The number of aromatic hydroxyl groups is 1. The van der Waals surface area contributed by atoms with E-state index in [-0.39, 0.29) is 82.7 Å². The van der Waals surface area contributed by atoms with Gasteiger partial charge >= 0.3 is 6.09 Å². The van der Waals surface area contributed by atoms with Crippen molar-refractivity contribution in [2.45, 2.75) is 159 Å². The van der Waals surface area contributed by atoms with Gasteiger partial charge in [0.05, 0.1) is 51.3 Å². The van der Waals surface area contributed by atoms with Crippen molar-refractivity contribution in [3.05, 3.63) is 48.1 Å². The van der Waals surface area contributed by atoms with Crippen molar-refractivity contribution in [2.24, 2.45) is 22.9 Å². The summed E-state index contributed by atoms with van der Waals surface area (Å²) in [7, 11) is 0. The molecule has 1 aromatic rings. The van der Waals surface area contributed by atoms with Gasteiger partial charge in [-0.3, -0.25) is 4.90 Å². The van der Waals surface area contributed by atoms with Crippen molar-refractivity contribution >= 4 is 11.8 Å². The maximum absolute atomic E-state index is 14.6. The summed E-state index contributed by atoms with van der Waals surface area (Å²) >= 11 is 0. The molecule has 13 heteroatoms. The number of carbonyl (C=O) groups excluding carboxylic acids is 1. The number of unbranched alkanes of at least 4 members (excludes halogenated alkanes) is 11. The highest BCUT2D eigenvalue weighted by Crippen LogP contribution is 2.62. The van der Waals surface area contributed by atoms with Crippen LogP contribution in [0.1, 0.15) is 147 Å². The SMILES string of the molecule is C=CCOC12Oc3ccc(O)cc3C3C(CCCCO)C(CCCCO)C=C(C(=NOC4CCCCO4)CC1N(CCOCCO)C(=O)OCCCCCCCCCCCC)C32. The topological polar surface area (TPSA) is 169 Å². The van der Waals surface area contributed by atoms with Crippen molar-refractivity contribution < 1.29 is 53.7 Å². The van der Waals surface area contributed by atoms with Gasteiger partial charge in [-0.05, 0) is 80.6 Å². The molecule has 1 amide bonds. The second-order valence-electron chi connectivity index (χ2n) is 17.5. The summed E-state index contributed by atoms with van der Waals surface area (Å²) in [6, 6.07) is 4.40. The van der Waals surface area contributed by atoms with Crippen molar-refractivity contribution in [1.29, 1.82) is 0 Å². The van der Waals surface area contributed by atoms with E-state index in [0.29, 0.717) is 37.3 Å². The van der Waals surface area contributed by atoms with E-state index in [4.69, 9.17) is 33.7 Å². The third-order valence-electron chi connectivity index (χ3n) is 13.1. The standard InChI is InChI=1S/C49H78N2O11/c1-3-5-6-7-8-9-10-11-12-18-31-59-48(56)51(25-32-57-33-28-54)44-36-42(50-62-45-22-15-19-30-58-45)40-34-37(20-13-16-26-52)39(21-14-17-27-53)46-41-35-38(55)23-24-43(41)61-49(44,47(40)46)60-29-4-2/h4,23-24,34-35,37,39,44-47,52-55H,2-3,5-22,25-33,36H2,1H3. The molecular formula is C49H78N2O11. The van der Waals surface area contributed by atoms with Crippen molar-refractivity contribution in [3.8, 4) is 11.5 Å². The summed E-state index contributed by atoms with van der Waals surface area (Å²) < 4.78 is 32.1. The van der Waals surface area contributed by atoms with Gasteiger partial charge in [0.25, 0.3) is 0 Å². The maximum atomic E-state index is 14.6. The molecule has 1 saturated carbocycles. The summed E-state index contributed by atoms with van der Waals surface area (Å²) in [6.45, 7) is 7.64. The van der Waals surface area contributed by atoms with Gasteiger partial charge in [-0.1, -0.05) is 94.9 Å². The number of amides is 1. The fourth-order valence-corrected chi connectivity index (χ4v) is 10.1. The molecule has 4 N–H and O–H groups in total. The molecule has 4 aliphatic rings. The van der Waals surface area contributed by atoms with Gasteiger partial charge in [0.1, 0.15) is 17.5 Å². The zero-order chi connectivity index (χ0) is 44.0. The number of hydrogen-bond acceptors (Lipinski definition) is 12. The average molecular weight is 871 g/mol. The first-order valence-corrected chi connectivity index (χ1v) is 24.1. The number of allylic oxidation sites excluding steroid dienone is 1. The number of aliphatic hydroxyl groups excluding tert-OH is 3. The van der Waals surface area contributed by atoms with E-state index in [1.54, 1.807) is 29.2 Å². The Balaban J connectivity index is 1.56. The smallest absolute Gasteiger partial charge is 0.410 e. The number of carbonyl (C=O) groups is 1. The Labute approximate surface area is 370 Å². The third kappa shape index (κ3) is 13.7. The lowest BCUT2D eigenvalue weighted by atomic mass is 9.55. The first-order chi connectivity index (χ1) is 30.4. The van der Waals surface area contributed by atoms with Crippen LogP contribution in [-0.2, 0) is 23.8 Å². The van der Waals surface area contributed by atoms with Gasteiger partial charge in [-0.25, -0.2) is 4.79 Å². The Morgan fingerprint density at radius 2 is 1.66 bits per heavy atom. The molecule has 2 aliphatic carbocycles. The monoisotopic (exact) mass is 871 g/mol. The fourth-order valence-electron chi connectivity index (χ4n) is 10.1. The van der Waals surface area contributed by atoms with Crippen LogP contribution in [0.25, 0.3) is 0 Å². The Bertz CT molecular complexity index is 1530. The molecule has 62 heavy (non-hydrogen) atoms. The second kappa shape index (κ2) is 27.2. The maximum Gasteiger partial charge on any atom is 0.410 e. The number of ether oxygens (including phenoxy) is 5. The minimum atomic E-state index is -1.46. The molecule has 2 heterocycles. The van der Waals surface area contributed by atoms with E-state index in [1.807, 2.05) is 0 Å². The molecule has 1 saturated heterocycles. The lowest BCUT2D eigenvalue weighted by Gasteiger charge is -2.59. The van der Waals surface area contributed by atoms with Crippen LogP contribution in [0, 0.1) is 17.8 Å². The van der Waals surface area contributed by atoms with Crippen molar-refractivity contribution in [1.82, 2.24) is 4.90 Å². The number of aliphatic hydroxyl groups is 3. The minimum Gasteiger partial charge on any atom is -0.508 e. The highest BCUT2D eigenvalue weighted by Gasteiger charge is 2.65. The number of phenolic OH excluding ortho intramolecular Hbond substituents is 1. The molecule has 350 valence electrons. The molecule has 0 bridgehead atoms. The quantitative estimate of drug-likeness (QED) is 0.0331. The predicted molar refractivity (Wildman–Crippen MR) is 239 cm³/mol. The number of oxime groups is 1. The van der Waals surface area contributed by atoms with E-state index in [9.17, 15) is 25.2 Å². The van der Waals surface area contributed by atoms with Crippen LogP contribution in [0.4, 0.5) is 4.79 Å². The molecule has 7 unspecified atom stereocenters. The van der Waals surface area contributed by atoms with E-state index < -0.39 is 30.1 Å². The van der Waals surface area contributed by atoms with Crippen LogP contribution in [0.15, 0.2) is 47.7 Å². The van der Waals surface area contributed by atoms with Gasteiger partial charge in [-0.2, -0.15) is 0 Å². The van der Waals surface area contributed by atoms with Gasteiger partial charge in [-0.15, -0.1) is 6.58 Å². The van der Waals surface area contributed by atoms with E-state index in [1.165, 1.54) is 44.9 Å². The lowest BCUT2D eigenvalue weighted by molar-refractivity contribution is -0.256. The molecule has 0 spiro atoms. The second-order valence-corrected chi connectivity index (χ2v) is 17.5. The highest BCUT2D eigenvalue weighted by atomic mass is 16.8. The van der Waals surface area contributed by atoms with Crippen LogP contribution in [0.2, 0.25) is 0 Å². The molecule has 2 aliphatic heterocycles. The van der Waals surface area contributed by atoms with Crippen molar-refractivity contribution in [3.63, 3.8) is 0 Å². The molecule has 2 fully saturated rings. The Kier molecular flexibility index (Phi) is 21.9. The number of nitrogens with zero attached hydrogens (tertiary/aromatic N) is 2. The van der Waals surface area contributed by atoms with Gasteiger partial charge < -0.3 is 48.9 Å². The molecule has 1 aromatic carbocycles. The van der Waals surface area contributed by atoms with E-state index in [2.05, 4.69) is 19.6 Å². The predicted octanol–water partition coefficient (Wildman–Crippen LogP) is 8.92. The van der Waals surface area contributed by atoms with Gasteiger partial charge in [0, 0.05) is 44.1 Å². The first-order valence-electron chi connectivity index (χ1n) is 24.1. The Morgan fingerprint density at radius 1 is 0.919 bits per heavy atom. The molecule has 7 atom stereocenters. The minimum absolute atomic E-state index is 0.0253. The number of fused-ring (bicyclic) bond motifs is 2. The van der Waals surface area contributed by atoms with Crippen molar-refractivity contribution in [2.75, 3.05) is 59.4 Å². The average Bonchev–Trinajstić information content (AvgIpc) is 3.28. The van der Waals surface area contributed by atoms with E-state index >= 15 is 0 Å². The fraction of sp³-hybridized carbons (Fsp3) is 0.755. The zero-order valence-electron chi connectivity index (χ0n) is 37.6. The van der Waals surface area contributed by atoms with Gasteiger partial charge in [0.2, 0.25) is 12.1 Å². The third-order valence-corrected chi connectivity index (χ3v) is 13.1. The molecular weight excluding hydrogens is 793 g/mol. The summed E-state index contributed by atoms with van der Waals surface area (Å²) in [5.41, 5.74) is 2.41. The number of hydrogen-bond donors (Lipinski definition) is 4. The van der Waals surface area contributed by atoms with E-state index in [0.717, 1.165) is 68.9 Å². The molecule has 13 nitrogen and oxygen atoms in total. The summed E-state index contributed by atoms with van der Waals surface area (Å²) in [6.07, 6.45) is 22.0. The van der Waals surface area contributed by atoms with Gasteiger partial charge in [0.15, 0.2) is 0 Å². The summed E-state index contributed by atoms with van der Waals surface area (Å²) in [5.74, 6) is -1.49. The Hall–Kier alpha value is -3.20. The number of phenols is 1. The van der Waals surface area contributed by atoms with Crippen LogP contribution in [0.3, 0.4) is 0 Å². The largest absolute Gasteiger partial charge is 0.508 e. The highest BCUT2D eigenvalue weighted by molar-refractivity contribution is 6.03. The van der Waals surface area contributed by atoms with Crippen LogP contribution >= 0.6 is 0 Å². The molecule has 0 radical (unpaired) electrons. The Morgan fingerprint density at radius 3 is 2.35 bits per heavy atom. The number of rotatable bonds is 30. The van der Waals surface area contributed by atoms with Crippen LogP contribution < -0.4 is 4.74 Å². The first kappa shape index (κ1) is 49.8. The lowest BCUT2D eigenvalue weighted by Crippen LogP contribution is -2.70. The van der Waals surface area contributed by atoms with Crippen LogP contribution in [-0.4, -0.2) is 115 Å². The summed E-state index contributed by atoms with van der Waals surface area (Å²) in [4.78, 5) is 22.5. The summed E-state index contributed by atoms with van der Waals surface area (Å²) in [5, 5.41) is 45.2. The number of benzene rings is 1. The zero-order valence-corrected chi connectivity index (χ0v) is 37.6. The van der Waals surface area contributed by atoms with Crippen LogP contribution in [0.5, 0.6) is 11.5 Å². The molecule has 0 aromatic heterocycles. The normalized spacial score (nSPS) is 25.9.